The van der Waals surface area contributed by atoms with E-state index in [1.807, 2.05) is 11.8 Å². The molecular weight excluding hydrogens is 272 g/mol. The molecule has 2 fully saturated rings. The first kappa shape index (κ1) is 13.9. The van der Waals surface area contributed by atoms with Gasteiger partial charge in [-0.25, -0.2) is 4.98 Å². The monoisotopic (exact) mass is 294 g/mol. The fourth-order valence-electron chi connectivity index (χ4n) is 3.08. The van der Waals surface area contributed by atoms with Crippen molar-refractivity contribution in [1.82, 2.24) is 15.3 Å². The number of hydrogen-bond donors (Lipinski definition) is 2. The molecule has 3 heterocycles. The number of nitrogens with one attached hydrogen (secondary N) is 2. The van der Waals surface area contributed by atoms with E-state index in [0.29, 0.717) is 17.9 Å². The van der Waals surface area contributed by atoms with Gasteiger partial charge in [-0.1, -0.05) is 0 Å². The molecule has 0 amide bonds. The lowest BCUT2D eigenvalue weighted by molar-refractivity contribution is 0.371. The second-order valence-corrected chi connectivity index (χ2v) is 6.76. The summed E-state index contributed by atoms with van der Waals surface area (Å²) in [5, 5.41) is 3.77. The van der Waals surface area contributed by atoms with E-state index in [0.717, 1.165) is 19.5 Å². The van der Waals surface area contributed by atoms with E-state index in [4.69, 9.17) is 0 Å². The predicted molar refractivity (Wildman–Crippen MR) is 83.6 cm³/mol. The zero-order chi connectivity index (χ0) is 13.8. The molecule has 0 aromatic carbocycles. The maximum absolute atomic E-state index is 11.8. The van der Waals surface area contributed by atoms with Gasteiger partial charge < -0.3 is 15.2 Å². The summed E-state index contributed by atoms with van der Waals surface area (Å²) >= 11 is 2.05. The Bertz CT molecular complexity index is 486. The van der Waals surface area contributed by atoms with Crippen LogP contribution in [0, 0.1) is 0 Å². The zero-order valence-corrected chi connectivity index (χ0v) is 12.5. The van der Waals surface area contributed by atoms with Gasteiger partial charge >= 0.3 is 0 Å². The molecule has 1 aromatic rings. The van der Waals surface area contributed by atoms with Crippen LogP contribution in [0.15, 0.2) is 17.2 Å². The highest BCUT2D eigenvalue weighted by Crippen LogP contribution is 2.20. The summed E-state index contributed by atoms with van der Waals surface area (Å²) in [7, 11) is 0. The second kappa shape index (κ2) is 6.63. The van der Waals surface area contributed by atoms with Crippen molar-refractivity contribution >= 4 is 17.6 Å². The molecule has 2 aliphatic rings. The van der Waals surface area contributed by atoms with Crippen molar-refractivity contribution in [3.05, 3.63) is 22.7 Å². The van der Waals surface area contributed by atoms with Gasteiger partial charge in [0.05, 0.1) is 0 Å². The maximum atomic E-state index is 11.8. The maximum Gasteiger partial charge on any atom is 0.290 e. The normalized spacial score (nSPS) is 27.5. The Morgan fingerprint density at radius 1 is 1.35 bits per heavy atom. The van der Waals surface area contributed by atoms with Gasteiger partial charge in [0.2, 0.25) is 0 Å². The Kier molecular flexibility index (Phi) is 4.62. The molecule has 0 spiro atoms. The third-order valence-electron chi connectivity index (χ3n) is 4.04. The summed E-state index contributed by atoms with van der Waals surface area (Å²) in [5.74, 6) is 3.09. The largest absolute Gasteiger partial charge is 0.350 e. The van der Waals surface area contributed by atoms with Gasteiger partial charge in [-0.3, -0.25) is 4.79 Å². The molecule has 1 aromatic heterocycles. The molecule has 2 N–H and O–H groups in total. The van der Waals surface area contributed by atoms with Crippen LogP contribution in [0.4, 0.5) is 5.82 Å². The molecule has 2 aliphatic heterocycles. The van der Waals surface area contributed by atoms with E-state index < -0.39 is 0 Å². The lowest BCUT2D eigenvalue weighted by Crippen LogP contribution is -2.51. The number of H-pyrrole nitrogens is 1. The first-order valence-electron chi connectivity index (χ1n) is 7.45. The van der Waals surface area contributed by atoms with Crippen LogP contribution in [-0.4, -0.2) is 46.6 Å². The van der Waals surface area contributed by atoms with Gasteiger partial charge in [0.15, 0.2) is 5.82 Å². The third-order valence-corrected chi connectivity index (χ3v) is 5.26. The Labute approximate surface area is 123 Å². The Balaban J connectivity index is 1.61. The van der Waals surface area contributed by atoms with E-state index in [2.05, 4.69) is 20.2 Å². The van der Waals surface area contributed by atoms with Crippen molar-refractivity contribution in [3.63, 3.8) is 0 Å². The minimum Gasteiger partial charge on any atom is -0.350 e. The number of aromatic nitrogens is 2. The minimum absolute atomic E-state index is 0.0821. The molecule has 20 heavy (non-hydrogen) atoms. The quantitative estimate of drug-likeness (QED) is 0.878. The van der Waals surface area contributed by atoms with E-state index in [-0.39, 0.29) is 5.56 Å². The minimum atomic E-state index is -0.0821. The highest BCUT2D eigenvalue weighted by atomic mass is 32.2. The molecule has 2 atom stereocenters. The summed E-state index contributed by atoms with van der Waals surface area (Å²) in [4.78, 5) is 20.9. The highest BCUT2D eigenvalue weighted by molar-refractivity contribution is 7.99. The van der Waals surface area contributed by atoms with Crippen molar-refractivity contribution in [2.24, 2.45) is 0 Å². The van der Waals surface area contributed by atoms with Gasteiger partial charge in [-0.2, -0.15) is 11.8 Å². The van der Waals surface area contributed by atoms with Gasteiger partial charge in [0, 0.05) is 43.3 Å². The number of nitrogens with zero attached hydrogens (tertiary/aromatic N) is 2. The molecule has 0 bridgehead atoms. The number of thioether (sulfide) groups is 1. The molecule has 3 rings (SSSR count). The van der Waals surface area contributed by atoms with Crippen LogP contribution < -0.4 is 15.8 Å². The van der Waals surface area contributed by atoms with E-state index >= 15 is 0 Å². The number of hydrogen-bond acceptors (Lipinski definition) is 5. The molecule has 0 saturated carbocycles. The smallest absolute Gasteiger partial charge is 0.290 e. The van der Waals surface area contributed by atoms with Crippen LogP contribution in [0.2, 0.25) is 0 Å². The molecule has 2 unspecified atom stereocenters. The summed E-state index contributed by atoms with van der Waals surface area (Å²) in [6.07, 6.45) is 8.17. The number of rotatable bonds is 3. The van der Waals surface area contributed by atoms with E-state index in [9.17, 15) is 4.79 Å². The van der Waals surface area contributed by atoms with Crippen LogP contribution in [0.1, 0.15) is 25.7 Å². The van der Waals surface area contributed by atoms with Crippen molar-refractivity contribution in [3.8, 4) is 0 Å². The van der Waals surface area contributed by atoms with Gasteiger partial charge in [0.1, 0.15) is 0 Å². The topological polar surface area (TPSA) is 61.0 Å². The van der Waals surface area contributed by atoms with Crippen molar-refractivity contribution < 1.29 is 0 Å². The van der Waals surface area contributed by atoms with Gasteiger partial charge in [-0.05, 0) is 31.4 Å². The highest BCUT2D eigenvalue weighted by Gasteiger charge is 2.25. The van der Waals surface area contributed by atoms with Crippen LogP contribution in [0.25, 0.3) is 0 Å². The third kappa shape index (κ3) is 3.35. The molecule has 2 saturated heterocycles. The zero-order valence-electron chi connectivity index (χ0n) is 11.7. The fraction of sp³-hybridized carbons (Fsp3) is 0.714. The average molecular weight is 294 g/mol. The van der Waals surface area contributed by atoms with Crippen molar-refractivity contribution in [2.45, 2.75) is 37.8 Å². The standard InChI is InChI=1S/C14H22N4OS/c19-14-13(15-5-6-16-14)18-7-1-3-11(9-18)17-12-4-2-8-20-10-12/h5-6,11-12,17H,1-4,7-10H2,(H,16,19). The average Bonchev–Trinajstić information content (AvgIpc) is 2.49. The molecule has 0 aliphatic carbocycles. The lowest BCUT2D eigenvalue weighted by atomic mass is 10.0. The SMILES string of the molecule is O=c1[nH]ccnc1N1CCCC(NC2CCCSC2)C1. The van der Waals surface area contributed by atoms with Gasteiger partial charge in [-0.15, -0.1) is 0 Å². The second-order valence-electron chi connectivity index (χ2n) is 5.61. The van der Waals surface area contributed by atoms with E-state index in [1.54, 1.807) is 12.4 Å². The first-order chi connectivity index (χ1) is 9.83. The summed E-state index contributed by atoms with van der Waals surface area (Å²) < 4.78 is 0. The molecule has 6 heteroatoms. The Morgan fingerprint density at radius 3 is 3.05 bits per heavy atom. The first-order valence-corrected chi connectivity index (χ1v) is 8.61. The lowest BCUT2D eigenvalue weighted by Gasteiger charge is -2.36. The van der Waals surface area contributed by atoms with Crippen LogP contribution in [-0.2, 0) is 0 Å². The summed E-state index contributed by atoms with van der Waals surface area (Å²) in [6, 6.07) is 1.12. The Morgan fingerprint density at radius 2 is 2.25 bits per heavy atom. The number of piperidine rings is 1. The van der Waals surface area contributed by atoms with Crippen LogP contribution in [0.5, 0.6) is 0 Å². The number of anilines is 1. The molecule has 110 valence electrons. The summed E-state index contributed by atoms with van der Waals surface area (Å²) in [5.41, 5.74) is -0.0821. The molecule has 5 nitrogen and oxygen atoms in total. The van der Waals surface area contributed by atoms with E-state index in [1.165, 1.54) is 30.8 Å². The molecular formula is C14H22N4OS. The molecule has 0 radical (unpaired) electrons. The van der Waals surface area contributed by atoms with Crippen molar-refractivity contribution in [1.29, 1.82) is 0 Å². The Hall–Kier alpha value is -1.01. The predicted octanol–water partition coefficient (Wildman–Crippen LogP) is 1.22. The number of aromatic amines is 1. The van der Waals surface area contributed by atoms with Crippen molar-refractivity contribution in [2.75, 3.05) is 29.5 Å². The summed E-state index contributed by atoms with van der Waals surface area (Å²) in [6.45, 7) is 1.82. The fourth-order valence-corrected chi connectivity index (χ4v) is 4.17. The van der Waals surface area contributed by atoms with Gasteiger partial charge in [0.25, 0.3) is 5.56 Å². The van der Waals surface area contributed by atoms with Crippen LogP contribution >= 0.6 is 11.8 Å². The van der Waals surface area contributed by atoms with Crippen LogP contribution in [0.3, 0.4) is 0 Å².